The van der Waals surface area contributed by atoms with Crippen LogP contribution in [0.3, 0.4) is 0 Å². The Morgan fingerprint density at radius 2 is 1.79 bits per heavy atom. The molecule has 2 aromatic carbocycles. The third-order valence-electron chi connectivity index (χ3n) is 4.10. The number of hydrogen-bond acceptors (Lipinski definition) is 4. The van der Waals surface area contributed by atoms with Crippen LogP contribution in [0.15, 0.2) is 57.9 Å². The maximum absolute atomic E-state index is 13.2. The molecule has 0 radical (unpaired) electrons. The topological polar surface area (TPSA) is 69.7 Å². The number of halogens is 1. The van der Waals surface area contributed by atoms with Gasteiger partial charge in [0, 0.05) is 11.0 Å². The molecule has 0 atom stereocenters. The standard InChI is InChI=1S/C20H26BrN3O3S/c1-16-8-10-19(11-9-16)28(26,27)24(18-7-4-6-17(21)14-18)15-20(25)22-12-5-13-23(2)3/h4,6-11,14H,5,12-13,15H2,1-3H3,(H,22,25). The summed E-state index contributed by atoms with van der Waals surface area (Å²) < 4.78 is 28.3. The van der Waals surface area contributed by atoms with Crippen molar-refractivity contribution in [3.8, 4) is 0 Å². The fourth-order valence-corrected chi connectivity index (χ4v) is 4.39. The van der Waals surface area contributed by atoms with Crippen LogP contribution in [0.25, 0.3) is 0 Å². The number of carbonyl (C=O) groups excluding carboxylic acids is 1. The average molecular weight is 468 g/mol. The summed E-state index contributed by atoms with van der Waals surface area (Å²) in [4.78, 5) is 14.6. The minimum absolute atomic E-state index is 0.151. The zero-order valence-corrected chi connectivity index (χ0v) is 18.8. The van der Waals surface area contributed by atoms with Crippen molar-refractivity contribution in [2.75, 3.05) is 38.0 Å². The Morgan fingerprint density at radius 3 is 2.39 bits per heavy atom. The zero-order chi connectivity index (χ0) is 20.7. The van der Waals surface area contributed by atoms with Crippen LogP contribution in [0.4, 0.5) is 5.69 Å². The number of nitrogens with one attached hydrogen (secondary N) is 1. The highest BCUT2D eigenvalue weighted by Crippen LogP contribution is 2.26. The number of amides is 1. The van der Waals surface area contributed by atoms with Gasteiger partial charge < -0.3 is 10.2 Å². The summed E-state index contributed by atoms with van der Waals surface area (Å²) in [5, 5.41) is 2.80. The minimum Gasteiger partial charge on any atom is -0.354 e. The normalized spacial score (nSPS) is 11.5. The lowest BCUT2D eigenvalue weighted by molar-refractivity contribution is -0.119. The van der Waals surface area contributed by atoms with E-state index in [1.54, 1.807) is 42.5 Å². The highest BCUT2D eigenvalue weighted by atomic mass is 79.9. The van der Waals surface area contributed by atoms with E-state index < -0.39 is 10.0 Å². The Bertz CT molecular complexity index is 899. The van der Waals surface area contributed by atoms with E-state index in [9.17, 15) is 13.2 Å². The number of carbonyl (C=O) groups is 1. The van der Waals surface area contributed by atoms with Gasteiger partial charge in [-0.2, -0.15) is 0 Å². The zero-order valence-electron chi connectivity index (χ0n) is 16.4. The van der Waals surface area contributed by atoms with Crippen molar-refractivity contribution >= 4 is 37.5 Å². The van der Waals surface area contributed by atoms with Gasteiger partial charge in [0.15, 0.2) is 0 Å². The average Bonchev–Trinajstić information content (AvgIpc) is 2.63. The Labute approximate surface area is 175 Å². The summed E-state index contributed by atoms with van der Waals surface area (Å²) >= 11 is 3.37. The van der Waals surface area contributed by atoms with Crippen molar-refractivity contribution in [2.45, 2.75) is 18.2 Å². The second kappa shape index (κ2) is 10.0. The largest absolute Gasteiger partial charge is 0.354 e. The van der Waals surface area contributed by atoms with E-state index >= 15 is 0 Å². The first-order chi connectivity index (χ1) is 13.2. The Balaban J connectivity index is 2.25. The number of aryl methyl sites for hydroxylation is 1. The predicted octanol–water partition coefficient (Wildman–Crippen LogP) is 3.02. The molecule has 0 fully saturated rings. The van der Waals surface area contributed by atoms with Crippen LogP contribution >= 0.6 is 15.9 Å². The maximum atomic E-state index is 13.2. The number of benzene rings is 2. The lowest BCUT2D eigenvalue weighted by atomic mass is 10.2. The van der Waals surface area contributed by atoms with Gasteiger partial charge in [0.25, 0.3) is 10.0 Å². The first-order valence-corrected chi connectivity index (χ1v) is 11.2. The van der Waals surface area contributed by atoms with Gasteiger partial charge in [0.05, 0.1) is 10.6 Å². The summed E-state index contributed by atoms with van der Waals surface area (Å²) in [5.74, 6) is -0.339. The Morgan fingerprint density at radius 1 is 1.11 bits per heavy atom. The summed E-state index contributed by atoms with van der Waals surface area (Å²) in [6, 6.07) is 13.5. The number of sulfonamides is 1. The summed E-state index contributed by atoms with van der Waals surface area (Å²) in [6.07, 6.45) is 0.792. The first-order valence-electron chi connectivity index (χ1n) is 8.96. The summed E-state index contributed by atoms with van der Waals surface area (Å²) in [6.45, 7) is 2.95. The van der Waals surface area contributed by atoms with Crippen LogP contribution in [0.2, 0.25) is 0 Å². The number of nitrogens with zero attached hydrogens (tertiary/aromatic N) is 2. The molecule has 8 heteroatoms. The molecular weight excluding hydrogens is 442 g/mol. The van der Waals surface area contributed by atoms with E-state index in [1.807, 2.05) is 32.0 Å². The molecule has 152 valence electrons. The van der Waals surface area contributed by atoms with E-state index in [-0.39, 0.29) is 17.3 Å². The molecule has 0 aliphatic heterocycles. The first kappa shape index (κ1) is 22.4. The number of hydrogen-bond donors (Lipinski definition) is 1. The fourth-order valence-electron chi connectivity index (χ4n) is 2.59. The molecule has 0 saturated heterocycles. The number of anilines is 1. The van der Waals surface area contributed by atoms with Gasteiger partial charge in [-0.25, -0.2) is 8.42 Å². The Hall–Kier alpha value is -1.90. The second-order valence-corrected chi connectivity index (χ2v) is 9.59. The van der Waals surface area contributed by atoms with Crippen molar-refractivity contribution in [2.24, 2.45) is 0 Å². The SMILES string of the molecule is Cc1ccc(S(=O)(=O)N(CC(=O)NCCCN(C)C)c2cccc(Br)c2)cc1. The monoisotopic (exact) mass is 467 g/mol. The molecule has 2 aromatic rings. The molecule has 6 nitrogen and oxygen atoms in total. The summed E-state index contributed by atoms with van der Waals surface area (Å²) in [7, 11) is 0.0432. The molecule has 0 bridgehead atoms. The Kier molecular flexibility index (Phi) is 8.03. The van der Waals surface area contributed by atoms with Crippen LogP contribution in [-0.2, 0) is 14.8 Å². The van der Waals surface area contributed by atoms with Crippen LogP contribution in [0.1, 0.15) is 12.0 Å². The molecule has 1 N–H and O–H groups in total. The molecule has 0 unspecified atom stereocenters. The third kappa shape index (κ3) is 6.32. The van der Waals surface area contributed by atoms with Crippen LogP contribution < -0.4 is 9.62 Å². The second-order valence-electron chi connectivity index (χ2n) is 6.81. The molecule has 2 rings (SSSR count). The van der Waals surface area contributed by atoms with Gasteiger partial charge in [-0.3, -0.25) is 9.10 Å². The van der Waals surface area contributed by atoms with Crippen LogP contribution in [0, 0.1) is 6.92 Å². The van der Waals surface area contributed by atoms with Crippen molar-refractivity contribution in [3.63, 3.8) is 0 Å². The van der Waals surface area contributed by atoms with Crippen molar-refractivity contribution in [3.05, 3.63) is 58.6 Å². The molecular formula is C20H26BrN3O3S. The fraction of sp³-hybridized carbons (Fsp3) is 0.350. The quantitative estimate of drug-likeness (QED) is 0.575. The highest BCUT2D eigenvalue weighted by molar-refractivity contribution is 9.10. The van der Waals surface area contributed by atoms with Crippen molar-refractivity contribution in [1.82, 2.24) is 10.2 Å². The molecule has 0 aliphatic carbocycles. The molecule has 0 spiro atoms. The van der Waals surface area contributed by atoms with Crippen LogP contribution in [-0.4, -0.2) is 53.0 Å². The van der Waals surface area contributed by atoms with Gasteiger partial charge in [-0.1, -0.05) is 39.7 Å². The minimum atomic E-state index is -3.88. The maximum Gasteiger partial charge on any atom is 0.264 e. The molecule has 0 heterocycles. The van der Waals surface area contributed by atoms with E-state index in [2.05, 4.69) is 21.2 Å². The lowest BCUT2D eigenvalue weighted by Gasteiger charge is -2.24. The van der Waals surface area contributed by atoms with Gasteiger partial charge in [-0.15, -0.1) is 0 Å². The van der Waals surface area contributed by atoms with Gasteiger partial charge in [0.1, 0.15) is 6.54 Å². The van der Waals surface area contributed by atoms with E-state index in [1.165, 1.54) is 0 Å². The predicted molar refractivity (Wildman–Crippen MR) is 116 cm³/mol. The highest BCUT2D eigenvalue weighted by Gasteiger charge is 2.27. The molecule has 28 heavy (non-hydrogen) atoms. The van der Waals surface area contributed by atoms with Crippen LogP contribution in [0.5, 0.6) is 0 Å². The van der Waals surface area contributed by atoms with Gasteiger partial charge in [0.2, 0.25) is 5.91 Å². The van der Waals surface area contributed by atoms with Crippen molar-refractivity contribution in [1.29, 1.82) is 0 Å². The molecule has 0 aliphatic rings. The third-order valence-corrected chi connectivity index (χ3v) is 6.38. The summed E-state index contributed by atoms with van der Waals surface area (Å²) in [5.41, 5.74) is 1.39. The lowest BCUT2D eigenvalue weighted by Crippen LogP contribution is -2.41. The molecule has 0 aromatic heterocycles. The van der Waals surface area contributed by atoms with E-state index in [0.717, 1.165) is 27.3 Å². The van der Waals surface area contributed by atoms with Gasteiger partial charge >= 0.3 is 0 Å². The van der Waals surface area contributed by atoms with Crippen molar-refractivity contribution < 1.29 is 13.2 Å². The van der Waals surface area contributed by atoms with E-state index in [0.29, 0.717) is 12.2 Å². The molecule has 1 amide bonds. The van der Waals surface area contributed by atoms with E-state index in [4.69, 9.17) is 0 Å². The smallest absolute Gasteiger partial charge is 0.264 e. The number of rotatable bonds is 9. The molecule has 0 saturated carbocycles. The van der Waals surface area contributed by atoms with Gasteiger partial charge in [-0.05, 0) is 64.3 Å².